The molecule has 1 aliphatic rings. The quantitative estimate of drug-likeness (QED) is 0.415. The third-order valence-electron chi connectivity index (χ3n) is 6.21. The van der Waals surface area contributed by atoms with Gasteiger partial charge in [0.15, 0.2) is 0 Å². The number of aryl methyl sites for hydroxylation is 1. The highest BCUT2D eigenvalue weighted by atomic mass is 32.1. The van der Waals surface area contributed by atoms with Crippen LogP contribution in [0, 0.1) is 6.92 Å². The Labute approximate surface area is 208 Å². The van der Waals surface area contributed by atoms with Gasteiger partial charge in [-0.15, -0.1) is 11.3 Å². The van der Waals surface area contributed by atoms with Crippen LogP contribution in [0.3, 0.4) is 0 Å². The number of anilines is 2. The summed E-state index contributed by atoms with van der Waals surface area (Å²) in [5.74, 6) is 0.699. The lowest BCUT2D eigenvalue weighted by Crippen LogP contribution is -2.31. The molecule has 3 aromatic rings. The molecule has 0 aliphatic heterocycles. The van der Waals surface area contributed by atoms with Gasteiger partial charge in [-0.05, 0) is 48.9 Å². The van der Waals surface area contributed by atoms with Crippen LogP contribution in [-0.2, 0) is 28.9 Å². The summed E-state index contributed by atoms with van der Waals surface area (Å²) in [5.41, 5.74) is 10.6. The number of fused-ring (bicyclic) bond motifs is 1. The number of alkyl carbamates (subject to hydrolysis) is 1. The van der Waals surface area contributed by atoms with Crippen LogP contribution in [0.5, 0.6) is 5.75 Å². The van der Waals surface area contributed by atoms with Crippen molar-refractivity contribution in [3.63, 3.8) is 0 Å². The zero-order valence-electron chi connectivity index (χ0n) is 20.1. The number of carbonyl (C=O) groups excluding carboxylic acids is 2. The van der Waals surface area contributed by atoms with E-state index in [-0.39, 0.29) is 17.9 Å². The number of hydrogen-bond acceptors (Lipinski definition) is 8. The molecule has 0 spiro atoms. The molecule has 4 rings (SSSR count). The molecule has 9 nitrogen and oxygen atoms in total. The monoisotopic (exact) mass is 498 g/mol. The molecule has 2 amide bonds. The summed E-state index contributed by atoms with van der Waals surface area (Å²) in [6.07, 6.45) is 3.03. The number of aromatic nitrogens is 1. The first kappa shape index (κ1) is 24.6. The molecule has 4 N–H and O–H groups in total. The number of thiophene rings is 1. The fourth-order valence-electron chi connectivity index (χ4n) is 4.14. The highest BCUT2D eigenvalue weighted by Gasteiger charge is 2.28. The van der Waals surface area contributed by atoms with Crippen molar-refractivity contribution in [2.24, 2.45) is 0 Å². The minimum Gasteiger partial charge on any atom is -0.497 e. The number of rotatable bonds is 8. The molecule has 0 radical (unpaired) electrons. The first-order chi connectivity index (χ1) is 16.8. The van der Waals surface area contributed by atoms with Crippen LogP contribution in [0.2, 0.25) is 0 Å². The molecule has 1 aromatic carbocycles. The predicted molar refractivity (Wildman–Crippen MR) is 134 cm³/mol. The van der Waals surface area contributed by atoms with E-state index in [9.17, 15) is 9.59 Å². The molecule has 0 saturated carbocycles. The number of nitrogens with two attached hydrogens (primary N) is 1. The Morgan fingerprint density at radius 3 is 2.94 bits per heavy atom. The lowest BCUT2D eigenvalue weighted by Gasteiger charge is -2.22. The molecule has 2 aromatic heterocycles. The van der Waals surface area contributed by atoms with Gasteiger partial charge in [-0.1, -0.05) is 24.2 Å². The maximum absolute atomic E-state index is 12.7. The summed E-state index contributed by atoms with van der Waals surface area (Å²) in [5, 5.41) is 10.2. The van der Waals surface area contributed by atoms with Crippen LogP contribution in [0.15, 0.2) is 35.1 Å². The van der Waals surface area contributed by atoms with Gasteiger partial charge in [0.1, 0.15) is 23.1 Å². The van der Waals surface area contributed by atoms with Crippen molar-refractivity contribution < 1.29 is 23.6 Å². The molecular weight excluding hydrogens is 468 g/mol. The lowest BCUT2D eigenvalue weighted by atomic mass is 9.95. The zero-order chi connectivity index (χ0) is 24.9. The fourth-order valence-corrected chi connectivity index (χ4v) is 5.39. The van der Waals surface area contributed by atoms with E-state index >= 15 is 0 Å². The smallest absolute Gasteiger partial charge is 0.407 e. The molecule has 0 bridgehead atoms. The van der Waals surface area contributed by atoms with Gasteiger partial charge in [0.05, 0.1) is 25.0 Å². The van der Waals surface area contributed by atoms with E-state index in [4.69, 9.17) is 19.7 Å². The summed E-state index contributed by atoms with van der Waals surface area (Å²) in [6, 6.07) is 7.73. The average Bonchev–Trinajstić information content (AvgIpc) is 3.39. The maximum Gasteiger partial charge on any atom is 0.407 e. The van der Waals surface area contributed by atoms with Gasteiger partial charge >= 0.3 is 6.09 Å². The molecule has 0 fully saturated rings. The van der Waals surface area contributed by atoms with Crippen LogP contribution in [0.4, 0.5) is 15.5 Å². The van der Waals surface area contributed by atoms with Gasteiger partial charge in [-0.2, -0.15) is 0 Å². The summed E-state index contributed by atoms with van der Waals surface area (Å²) >= 11 is 1.45. The van der Waals surface area contributed by atoms with E-state index in [1.165, 1.54) is 17.6 Å². The van der Waals surface area contributed by atoms with Gasteiger partial charge < -0.3 is 30.4 Å². The molecule has 1 aliphatic carbocycles. The van der Waals surface area contributed by atoms with Gasteiger partial charge in [-0.3, -0.25) is 4.79 Å². The molecule has 186 valence electrons. The van der Waals surface area contributed by atoms with Crippen LogP contribution >= 0.6 is 11.3 Å². The van der Waals surface area contributed by atoms with Crippen molar-refractivity contribution in [1.82, 2.24) is 10.5 Å². The summed E-state index contributed by atoms with van der Waals surface area (Å²) in [7, 11) is 1.62. The number of amides is 2. The van der Waals surface area contributed by atoms with Crippen LogP contribution in [0.1, 0.15) is 52.9 Å². The van der Waals surface area contributed by atoms with E-state index in [1.807, 2.05) is 38.1 Å². The van der Waals surface area contributed by atoms with Gasteiger partial charge in [0, 0.05) is 23.3 Å². The topological polar surface area (TPSA) is 129 Å². The number of nitrogen functional groups attached to an aromatic ring is 1. The van der Waals surface area contributed by atoms with Crippen molar-refractivity contribution >= 4 is 34.0 Å². The molecule has 35 heavy (non-hydrogen) atoms. The third-order valence-corrected chi connectivity index (χ3v) is 7.40. The number of nitrogens with zero attached hydrogens (tertiary/aromatic N) is 1. The van der Waals surface area contributed by atoms with Crippen LogP contribution in [0.25, 0.3) is 0 Å². The van der Waals surface area contributed by atoms with Crippen molar-refractivity contribution in [3.8, 4) is 5.75 Å². The predicted octanol–water partition coefficient (Wildman–Crippen LogP) is 4.55. The molecule has 2 atom stereocenters. The van der Waals surface area contributed by atoms with E-state index < -0.39 is 6.09 Å². The molecule has 10 heteroatoms. The minimum absolute atomic E-state index is 0.0267. The average molecular weight is 499 g/mol. The summed E-state index contributed by atoms with van der Waals surface area (Å²) in [6.45, 7) is 4.11. The number of benzene rings is 1. The normalized spacial score (nSPS) is 15.7. The highest BCUT2D eigenvalue weighted by molar-refractivity contribution is 7.17. The summed E-state index contributed by atoms with van der Waals surface area (Å²) in [4.78, 5) is 26.0. The van der Waals surface area contributed by atoms with Crippen molar-refractivity contribution in [3.05, 3.63) is 57.8 Å². The second-order valence-electron chi connectivity index (χ2n) is 8.73. The zero-order valence-corrected chi connectivity index (χ0v) is 20.9. The number of nitrogens with one attached hydrogen (secondary N) is 2. The molecule has 2 heterocycles. The van der Waals surface area contributed by atoms with Crippen molar-refractivity contribution in [2.75, 3.05) is 18.2 Å². The minimum atomic E-state index is -0.483. The summed E-state index contributed by atoms with van der Waals surface area (Å²) < 4.78 is 15.8. The van der Waals surface area contributed by atoms with Crippen molar-refractivity contribution in [1.29, 1.82) is 0 Å². The SMILES string of the molecule is COc1cccc(C(C)CC(=O)Nc2sc3c(c2N)CCC(OC(=O)NCc2conc2C)C3)c1. The first-order valence-electron chi connectivity index (χ1n) is 11.5. The molecule has 2 unspecified atom stereocenters. The van der Waals surface area contributed by atoms with Gasteiger partial charge in [0.2, 0.25) is 5.91 Å². The first-order valence-corrected chi connectivity index (χ1v) is 12.3. The third kappa shape index (κ3) is 5.94. The Balaban J connectivity index is 1.31. The van der Waals surface area contributed by atoms with E-state index in [0.717, 1.165) is 33.0 Å². The number of carbonyl (C=O) groups is 2. The largest absolute Gasteiger partial charge is 0.497 e. The molecular formula is C25H30N4O5S. The Morgan fingerprint density at radius 1 is 1.37 bits per heavy atom. The second-order valence-corrected chi connectivity index (χ2v) is 9.83. The lowest BCUT2D eigenvalue weighted by molar-refractivity contribution is -0.116. The van der Waals surface area contributed by atoms with Crippen LogP contribution in [-0.4, -0.2) is 30.4 Å². The molecule has 0 saturated heterocycles. The number of hydrogen-bond donors (Lipinski definition) is 3. The second kappa shape index (κ2) is 10.8. The van der Waals surface area contributed by atoms with Gasteiger partial charge in [-0.25, -0.2) is 4.79 Å². The Hall–Kier alpha value is -3.53. The Kier molecular flexibility index (Phi) is 7.60. The number of ether oxygens (including phenoxy) is 2. The van der Waals surface area contributed by atoms with E-state index in [0.29, 0.717) is 42.9 Å². The highest BCUT2D eigenvalue weighted by Crippen LogP contribution is 2.41. The van der Waals surface area contributed by atoms with Crippen LogP contribution < -0.4 is 21.1 Å². The van der Waals surface area contributed by atoms with Gasteiger partial charge in [0.25, 0.3) is 0 Å². The standard InChI is InChI=1S/C25H30N4O5S/c1-14(16-5-4-6-18(10-16)32-3)9-22(30)28-24-23(26)20-8-7-19(11-21(20)35-24)34-25(31)27-12-17-13-33-29-15(17)2/h4-6,10,13-14,19H,7-9,11-12,26H2,1-3H3,(H,27,31)(H,28,30). The Bertz CT molecular complexity index is 1200. The fraction of sp³-hybridized carbons (Fsp3) is 0.400. The number of methoxy groups -OCH3 is 1. The van der Waals surface area contributed by atoms with Crippen molar-refractivity contribution in [2.45, 2.75) is 58.1 Å². The maximum atomic E-state index is 12.7. The van der Waals surface area contributed by atoms with E-state index in [2.05, 4.69) is 15.8 Å². The Morgan fingerprint density at radius 2 is 2.20 bits per heavy atom. The van der Waals surface area contributed by atoms with E-state index in [1.54, 1.807) is 7.11 Å².